The van der Waals surface area contributed by atoms with Crippen molar-refractivity contribution in [2.75, 3.05) is 7.05 Å². The molecule has 0 saturated heterocycles. The van der Waals surface area contributed by atoms with Crippen LogP contribution in [-0.2, 0) is 20.0 Å². The molecule has 0 unspecified atom stereocenters. The van der Waals surface area contributed by atoms with Crippen LogP contribution in [-0.4, -0.2) is 40.3 Å². The van der Waals surface area contributed by atoms with Gasteiger partial charge in [-0.3, -0.25) is 0 Å². The Balaban J connectivity index is 1.77. The lowest BCUT2D eigenvalue weighted by molar-refractivity contribution is 0.335. The van der Waals surface area contributed by atoms with Crippen molar-refractivity contribution in [3.05, 3.63) is 24.3 Å². The Morgan fingerprint density at radius 1 is 0.840 bits per heavy atom. The zero-order valence-corrected chi connectivity index (χ0v) is 16.2. The second-order valence-electron chi connectivity index (χ2n) is 7.03. The predicted molar refractivity (Wildman–Crippen MR) is 96.2 cm³/mol. The van der Waals surface area contributed by atoms with Gasteiger partial charge in [-0.25, -0.2) is 21.6 Å². The molecule has 1 aromatic rings. The monoisotopic (exact) mass is 386 g/mol. The molecule has 25 heavy (non-hydrogen) atoms. The van der Waals surface area contributed by atoms with Gasteiger partial charge in [0.1, 0.15) is 0 Å². The van der Waals surface area contributed by atoms with Gasteiger partial charge in [0.2, 0.25) is 20.0 Å². The summed E-state index contributed by atoms with van der Waals surface area (Å²) in [7, 11) is -5.54. The summed E-state index contributed by atoms with van der Waals surface area (Å²) in [5.74, 6) is 0. The third kappa shape index (κ3) is 4.42. The van der Waals surface area contributed by atoms with E-state index in [4.69, 9.17) is 0 Å². The maximum atomic E-state index is 12.9. The fourth-order valence-corrected chi connectivity index (χ4v) is 5.98. The fourth-order valence-electron chi connectivity index (χ4n) is 3.26. The number of benzene rings is 1. The van der Waals surface area contributed by atoms with Crippen LogP contribution in [0.25, 0.3) is 0 Å². The lowest BCUT2D eigenvalue weighted by atomic mass is 10.1. The number of rotatable bonds is 6. The van der Waals surface area contributed by atoms with Crippen molar-refractivity contribution in [1.29, 1.82) is 0 Å². The summed E-state index contributed by atoms with van der Waals surface area (Å²) in [6, 6.07) is 5.58. The molecule has 1 N–H and O–H groups in total. The van der Waals surface area contributed by atoms with Crippen LogP contribution in [0.1, 0.15) is 51.4 Å². The molecule has 3 rings (SSSR count). The highest BCUT2D eigenvalue weighted by molar-refractivity contribution is 7.89. The molecule has 6 nitrogen and oxygen atoms in total. The molecule has 0 aromatic heterocycles. The van der Waals surface area contributed by atoms with Gasteiger partial charge >= 0.3 is 0 Å². The molecular weight excluding hydrogens is 360 g/mol. The van der Waals surface area contributed by atoms with Crippen LogP contribution >= 0.6 is 0 Å². The second kappa shape index (κ2) is 7.34. The van der Waals surface area contributed by atoms with Crippen LogP contribution < -0.4 is 4.72 Å². The van der Waals surface area contributed by atoms with Crippen molar-refractivity contribution in [2.24, 2.45) is 0 Å². The molecular formula is C17H26N2O4S2. The van der Waals surface area contributed by atoms with Crippen LogP contribution in [0.4, 0.5) is 0 Å². The standard InChI is InChI=1S/C17H26N2O4S2/c1-19(15-6-4-2-3-5-7-15)25(22,23)17-12-10-16(11-13-17)24(20,21)18-14-8-9-14/h10-15,18H,2-9H2,1H3. The summed E-state index contributed by atoms with van der Waals surface area (Å²) in [5, 5.41) is 0. The van der Waals surface area contributed by atoms with Gasteiger partial charge < -0.3 is 0 Å². The Labute approximate surface area is 150 Å². The van der Waals surface area contributed by atoms with E-state index in [1.807, 2.05) is 0 Å². The van der Waals surface area contributed by atoms with Crippen molar-refractivity contribution >= 4 is 20.0 Å². The number of nitrogens with zero attached hydrogens (tertiary/aromatic N) is 1. The zero-order valence-electron chi connectivity index (χ0n) is 14.5. The topological polar surface area (TPSA) is 83.6 Å². The summed E-state index contributed by atoms with van der Waals surface area (Å²) < 4.78 is 54.2. The van der Waals surface area contributed by atoms with E-state index in [0.29, 0.717) is 0 Å². The van der Waals surface area contributed by atoms with Crippen LogP contribution in [0.5, 0.6) is 0 Å². The van der Waals surface area contributed by atoms with Crippen molar-refractivity contribution in [3.63, 3.8) is 0 Å². The molecule has 0 heterocycles. The van der Waals surface area contributed by atoms with Gasteiger partial charge in [0.05, 0.1) is 9.79 Å². The molecule has 8 heteroatoms. The average Bonchev–Trinajstić information content (AvgIpc) is 3.40. The van der Waals surface area contributed by atoms with E-state index in [1.165, 1.54) is 28.6 Å². The number of hydrogen-bond donors (Lipinski definition) is 1. The van der Waals surface area contributed by atoms with Gasteiger partial charge in [-0.15, -0.1) is 0 Å². The molecule has 2 fully saturated rings. The van der Waals surface area contributed by atoms with Gasteiger partial charge in [0.15, 0.2) is 0 Å². The average molecular weight is 387 g/mol. The van der Waals surface area contributed by atoms with E-state index < -0.39 is 20.0 Å². The molecule has 0 aliphatic heterocycles. The Bertz CT molecular complexity index is 792. The molecule has 2 aliphatic carbocycles. The van der Waals surface area contributed by atoms with Gasteiger partial charge in [-0.05, 0) is 49.9 Å². The van der Waals surface area contributed by atoms with E-state index in [9.17, 15) is 16.8 Å². The third-order valence-electron chi connectivity index (χ3n) is 5.05. The normalized spacial score (nSPS) is 20.6. The van der Waals surface area contributed by atoms with E-state index >= 15 is 0 Å². The zero-order chi connectivity index (χ0) is 18.1. The molecule has 2 aliphatic rings. The Kier molecular flexibility index (Phi) is 5.53. The van der Waals surface area contributed by atoms with Crippen LogP contribution in [0.3, 0.4) is 0 Å². The summed E-state index contributed by atoms with van der Waals surface area (Å²) in [6.07, 6.45) is 7.90. The van der Waals surface area contributed by atoms with Gasteiger partial charge in [-0.2, -0.15) is 4.31 Å². The second-order valence-corrected chi connectivity index (χ2v) is 10.7. The van der Waals surface area contributed by atoms with E-state index in [2.05, 4.69) is 4.72 Å². The maximum Gasteiger partial charge on any atom is 0.243 e. The Morgan fingerprint density at radius 2 is 1.36 bits per heavy atom. The smallest absolute Gasteiger partial charge is 0.208 e. The SMILES string of the molecule is CN(C1CCCCCC1)S(=O)(=O)c1ccc(S(=O)(=O)NC2CC2)cc1. The van der Waals surface area contributed by atoms with Crippen LogP contribution in [0.15, 0.2) is 34.1 Å². The first-order chi connectivity index (χ1) is 11.8. The molecule has 2 saturated carbocycles. The number of sulfonamides is 2. The highest BCUT2D eigenvalue weighted by atomic mass is 32.2. The van der Waals surface area contributed by atoms with E-state index in [1.54, 1.807) is 7.05 Å². The van der Waals surface area contributed by atoms with Gasteiger partial charge in [0.25, 0.3) is 0 Å². The summed E-state index contributed by atoms with van der Waals surface area (Å²) >= 11 is 0. The lowest BCUT2D eigenvalue weighted by Gasteiger charge is -2.26. The van der Waals surface area contributed by atoms with Crippen molar-refractivity contribution < 1.29 is 16.8 Å². The fraction of sp³-hybridized carbons (Fsp3) is 0.647. The van der Waals surface area contributed by atoms with Crippen LogP contribution in [0, 0.1) is 0 Å². The van der Waals surface area contributed by atoms with Crippen molar-refractivity contribution in [3.8, 4) is 0 Å². The molecule has 0 bridgehead atoms. The van der Waals surface area contributed by atoms with Crippen molar-refractivity contribution in [1.82, 2.24) is 9.03 Å². The van der Waals surface area contributed by atoms with Crippen molar-refractivity contribution in [2.45, 2.75) is 73.2 Å². The summed E-state index contributed by atoms with van der Waals surface area (Å²) in [6.45, 7) is 0. The molecule has 0 amide bonds. The number of nitrogens with one attached hydrogen (secondary N) is 1. The lowest BCUT2D eigenvalue weighted by Crippen LogP contribution is -2.36. The Morgan fingerprint density at radius 3 is 1.88 bits per heavy atom. The quantitative estimate of drug-likeness (QED) is 0.761. The maximum absolute atomic E-state index is 12.9. The Hall–Kier alpha value is -0.960. The predicted octanol–water partition coefficient (Wildman–Crippen LogP) is 2.47. The minimum Gasteiger partial charge on any atom is -0.208 e. The minimum absolute atomic E-state index is 0.0208. The van der Waals surface area contributed by atoms with Gasteiger partial charge in [-0.1, -0.05) is 25.7 Å². The van der Waals surface area contributed by atoms with E-state index in [-0.39, 0.29) is 21.9 Å². The molecule has 1 aromatic carbocycles. The highest BCUT2D eigenvalue weighted by Crippen LogP contribution is 2.27. The molecule has 0 radical (unpaired) electrons. The molecule has 140 valence electrons. The largest absolute Gasteiger partial charge is 0.243 e. The highest BCUT2D eigenvalue weighted by Gasteiger charge is 2.30. The summed E-state index contributed by atoms with van der Waals surface area (Å²) in [5.41, 5.74) is 0. The first-order valence-corrected chi connectivity index (χ1v) is 11.8. The van der Waals surface area contributed by atoms with Gasteiger partial charge in [0, 0.05) is 19.1 Å². The first kappa shape index (κ1) is 18.8. The van der Waals surface area contributed by atoms with Crippen LogP contribution in [0.2, 0.25) is 0 Å². The van der Waals surface area contributed by atoms with E-state index in [0.717, 1.165) is 51.4 Å². The number of hydrogen-bond acceptors (Lipinski definition) is 4. The summed E-state index contributed by atoms with van der Waals surface area (Å²) in [4.78, 5) is 0.250. The molecule has 0 spiro atoms. The first-order valence-electron chi connectivity index (χ1n) is 8.91. The molecule has 0 atom stereocenters. The minimum atomic E-state index is -3.61. The third-order valence-corrected chi connectivity index (χ3v) is 8.51.